The minimum absolute atomic E-state index is 0.636. The lowest BCUT2D eigenvalue weighted by Gasteiger charge is -2.16. The Morgan fingerprint density at radius 1 is 0.920 bits per heavy atom. The molecule has 3 heteroatoms. The van der Waals surface area contributed by atoms with E-state index >= 15 is 0 Å². The molecule has 0 unspecified atom stereocenters. The molecule has 0 aliphatic rings. The van der Waals surface area contributed by atoms with Gasteiger partial charge in [-0.15, -0.1) is 0 Å². The van der Waals surface area contributed by atoms with E-state index in [1.165, 1.54) is 5.56 Å². The fraction of sp³-hybridized carbons (Fsp3) is 0.409. The largest absolute Gasteiger partial charge is 0.394 e. The smallest absolute Gasteiger partial charge is 0.129 e. The number of benzene rings is 2. The highest BCUT2D eigenvalue weighted by Crippen LogP contribution is 2.11. The van der Waals surface area contributed by atoms with Gasteiger partial charge in [0.05, 0.1) is 5.71 Å². The SMILES string of the molecule is CCN(CC)CCON=C(CCCc1ccccc1)c1ccccc1. The highest BCUT2D eigenvalue weighted by molar-refractivity contribution is 6.00. The summed E-state index contributed by atoms with van der Waals surface area (Å²) in [4.78, 5) is 7.97. The van der Waals surface area contributed by atoms with Crippen molar-refractivity contribution in [2.24, 2.45) is 5.16 Å². The van der Waals surface area contributed by atoms with Gasteiger partial charge >= 0.3 is 0 Å². The average molecular weight is 338 g/mol. The summed E-state index contributed by atoms with van der Waals surface area (Å²) in [7, 11) is 0. The van der Waals surface area contributed by atoms with Gasteiger partial charge in [0.2, 0.25) is 0 Å². The number of oxime groups is 1. The lowest BCUT2D eigenvalue weighted by Crippen LogP contribution is -2.26. The van der Waals surface area contributed by atoms with Crippen LogP contribution in [0.3, 0.4) is 0 Å². The fourth-order valence-corrected chi connectivity index (χ4v) is 2.81. The van der Waals surface area contributed by atoms with Gasteiger partial charge in [-0.2, -0.15) is 0 Å². The third kappa shape index (κ3) is 7.10. The fourth-order valence-electron chi connectivity index (χ4n) is 2.81. The van der Waals surface area contributed by atoms with Crippen LogP contribution in [0, 0.1) is 0 Å². The first-order valence-corrected chi connectivity index (χ1v) is 9.34. The van der Waals surface area contributed by atoms with E-state index in [0.717, 1.165) is 50.2 Å². The molecule has 0 atom stereocenters. The van der Waals surface area contributed by atoms with E-state index in [4.69, 9.17) is 4.84 Å². The summed E-state index contributed by atoms with van der Waals surface area (Å²) in [5.41, 5.74) is 3.56. The lowest BCUT2D eigenvalue weighted by molar-refractivity contribution is 0.114. The molecule has 0 fully saturated rings. The zero-order valence-corrected chi connectivity index (χ0v) is 15.5. The van der Waals surface area contributed by atoms with Gasteiger partial charge in [-0.05, 0) is 43.5 Å². The van der Waals surface area contributed by atoms with Crippen LogP contribution in [0.2, 0.25) is 0 Å². The summed E-state index contributed by atoms with van der Waals surface area (Å²) in [5.74, 6) is 0. The summed E-state index contributed by atoms with van der Waals surface area (Å²) in [6, 6.07) is 21.0. The van der Waals surface area contributed by atoms with Crippen LogP contribution in [0.4, 0.5) is 0 Å². The monoisotopic (exact) mass is 338 g/mol. The van der Waals surface area contributed by atoms with Crippen LogP contribution in [0.1, 0.15) is 37.8 Å². The zero-order valence-electron chi connectivity index (χ0n) is 15.5. The highest BCUT2D eigenvalue weighted by atomic mass is 16.6. The second-order valence-electron chi connectivity index (χ2n) is 6.10. The first-order valence-electron chi connectivity index (χ1n) is 9.34. The van der Waals surface area contributed by atoms with Crippen LogP contribution < -0.4 is 0 Å². The van der Waals surface area contributed by atoms with Crippen molar-refractivity contribution in [2.45, 2.75) is 33.1 Å². The molecule has 25 heavy (non-hydrogen) atoms. The maximum Gasteiger partial charge on any atom is 0.129 e. The molecule has 0 aromatic heterocycles. The molecule has 2 rings (SSSR count). The number of hydrogen-bond acceptors (Lipinski definition) is 3. The van der Waals surface area contributed by atoms with Crippen LogP contribution in [-0.4, -0.2) is 36.9 Å². The number of aryl methyl sites for hydroxylation is 1. The van der Waals surface area contributed by atoms with Crippen LogP contribution >= 0.6 is 0 Å². The van der Waals surface area contributed by atoms with Gasteiger partial charge in [-0.1, -0.05) is 79.7 Å². The Labute approximate surface area is 152 Å². The second-order valence-corrected chi connectivity index (χ2v) is 6.10. The number of hydrogen-bond donors (Lipinski definition) is 0. The second kappa shape index (κ2) is 11.4. The van der Waals surface area contributed by atoms with Crippen molar-refractivity contribution in [3.05, 3.63) is 71.8 Å². The lowest BCUT2D eigenvalue weighted by atomic mass is 10.0. The summed E-state index contributed by atoms with van der Waals surface area (Å²) in [5, 5.41) is 4.46. The predicted octanol–water partition coefficient (Wildman–Crippen LogP) is 4.77. The van der Waals surface area contributed by atoms with Crippen molar-refractivity contribution in [3.8, 4) is 0 Å². The van der Waals surface area contributed by atoms with Crippen LogP contribution in [0.5, 0.6) is 0 Å². The maximum absolute atomic E-state index is 5.63. The van der Waals surface area contributed by atoms with Crippen molar-refractivity contribution < 1.29 is 4.84 Å². The Balaban J connectivity index is 1.90. The molecule has 0 heterocycles. The molecule has 0 spiro atoms. The number of nitrogens with zero attached hydrogens (tertiary/aromatic N) is 2. The number of rotatable bonds is 11. The topological polar surface area (TPSA) is 24.8 Å². The maximum atomic E-state index is 5.63. The van der Waals surface area contributed by atoms with Gasteiger partial charge in [0, 0.05) is 6.54 Å². The van der Waals surface area contributed by atoms with Gasteiger partial charge in [0.1, 0.15) is 6.61 Å². The molecule has 134 valence electrons. The van der Waals surface area contributed by atoms with E-state index in [0.29, 0.717) is 6.61 Å². The quantitative estimate of drug-likeness (QED) is 0.335. The summed E-state index contributed by atoms with van der Waals surface area (Å²) in [6.07, 6.45) is 3.05. The Morgan fingerprint density at radius 3 is 2.20 bits per heavy atom. The molecule has 0 amide bonds. The van der Waals surface area contributed by atoms with Crippen LogP contribution in [0.15, 0.2) is 65.8 Å². The minimum Gasteiger partial charge on any atom is -0.394 e. The Bertz CT molecular complexity index is 606. The van der Waals surface area contributed by atoms with Crippen molar-refractivity contribution in [2.75, 3.05) is 26.2 Å². The molecular weight excluding hydrogens is 308 g/mol. The first kappa shape index (κ1) is 19.2. The Morgan fingerprint density at radius 2 is 1.56 bits per heavy atom. The van der Waals surface area contributed by atoms with E-state index in [2.05, 4.69) is 78.5 Å². The van der Waals surface area contributed by atoms with Gasteiger partial charge in [-0.3, -0.25) is 0 Å². The van der Waals surface area contributed by atoms with E-state index in [9.17, 15) is 0 Å². The van der Waals surface area contributed by atoms with Gasteiger partial charge in [0.15, 0.2) is 0 Å². The van der Waals surface area contributed by atoms with Gasteiger partial charge < -0.3 is 9.74 Å². The molecule has 0 radical (unpaired) electrons. The molecule has 0 aliphatic carbocycles. The Kier molecular flexibility index (Phi) is 8.78. The van der Waals surface area contributed by atoms with Crippen molar-refractivity contribution in [1.29, 1.82) is 0 Å². The first-order chi connectivity index (χ1) is 12.3. The van der Waals surface area contributed by atoms with Crippen molar-refractivity contribution in [3.63, 3.8) is 0 Å². The number of likely N-dealkylation sites (N-methyl/N-ethyl adjacent to an activating group) is 1. The molecular formula is C22H30N2O. The average Bonchev–Trinajstić information content (AvgIpc) is 2.68. The molecule has 0 aliphatic heterocycles. The third-order valence-corrected chi connectivity index (χ3v) is 4.40. The van der Waals surface area contributed by atoms with Crippen molar-refractivity contribution >= 4 is 5.71 Å². The summed E-state index contributed by atoms with van der Waals surface area (Å²) < 4.78 is 0. The van der Waals surface area contributed by atoms with Crippen molar-refractivity contribution in [1.82, 2.24) is 4.90 Å². The molecule has 0 saturated heterocycles. The van der Waals surface area contributed by atoms with E-state index in [1.54, 1.807) is 0 Å². The van der Waals surface area contributed by atoms with E-state index in [1.807, 2.05) is 6.07 Å². The normalized spacial score (nSPS) is 11.7. The third-order valence-electron chi connectivity index (χ3n) is 4.40. The predicted molar refractivity (Wildman–Crippen MR) is 106 cm³/mol. The molecule has 0 bridgehead atoms. The van der Waals surface area contributed by atoms with Gasteiger partial charge in [-0.25, -0.2) is 0 Å². The zero-order chi connectivity index (χ0) is 17.7. The molecule has 0 N–H and O–H groups in total. The van der Waals surface area contributed by atoms with Crippen LogP contribution in [0.25, 0.3) is 0 Å². The summed E-state index contributed by atoms with van der Waals surface area (Å²) in [6.45, 7) is 8.00. The molecule has 2 aromatic rings. The minimum atomic E-state index is 0.636. The molecule has 3 nitrogen and oxygen atoms in total. The van der Waals surface area contributed by atoms with Gasteiger partial charge in [0.25, 0.3) is 0 Å². The molecule has 2 aromatic carbocycles. The Hall–Kier alpha value is -2.13. The van der Waals surface area contributed by atoms with Crippen LogP contribution in [-0.2, 0) is 11.3 Å². The van der Waals surface area contributed by atoms with E-state index in [-0.39, 0.29) is 0 Å². The van der Waals surface area contributed by atoms with E-state index < -0.39 is 0 Å². The standard InChI is InChI=1S/C22H30N2O/c1-3-24(4-2)18-19-25-23-22(21-15-9-6-10-16-21)17-11-14-20-12-7-5-8-13-20/h5-10,12-13,15-16H,3-4,11,14,17-19H2,1-2H3. The highest BCUT2D eigenvalue weighted by Gasteiger charge is 2.05. The summed E-state index contributed by atoms with van der Waals surface area (Å²) >= 11 is 0. The molecule has 0 saturated carbocycles.